The van der Waals surface area contributed by atoms with Crippen molar-refractivity contribution >= 4 is 63.0 Å². The van der Waals surface area contributed by atoms with Gasteiger partial charge in [-0.15, -0.1) is 10.2 Å². The highest BCUT2D eigenvalue weighted by atomic mass is 35.5. The first-order valence-corrected chi connectivity index (χ1v) is 9.60. The number of rotatable bonds is 8. The molecule has 0 bridgehead atoms. The Kier molecular flexibility index (Phi) is 7.42. The Morgan fingerprint density at radius 1 is 1.30 bits per heavy atom. The number of amides is 1. The van der Waals surface area contributed by atoms with E-state index in [-0.39, 0.29) is 11.7 Å². The number of benzene rings is 1. The van der Waals surface area contributed by atoms with Gasteiger partial charge in [0.15, 0.2) is 4.34 Å². The van der Waals surface area contributed by atoms with Gasteiger partial charge in [-0.1, -0.05) is 65.7 Å². The normalized spacial score (nSPS) is 10.6. The zero-order valence-electron chi connectivity index (χ0n) is 12.4. The lowest BCUT2D eigenvalue weighted by molar-refractivity contribution is -0.113. The van der Waals surface area contributed by atoms with E-state index in [9.17, 15) is 4.79 Å². The van der Waals surface area contributed by atoms with Crippen molar-refractivity contribution in [3.05, 3.63) is 28.2 Å². The summed E-state index contributed by atoms with van der Waals surface area (Å²) >= 11 is 14.8. The molecule has 0 saturated heterocycles. The lowest BCUT2D eigenvalue weighted by atomic mass is 10.3. The summed E-state index contributed by atoms with van der Waals surface area (Å²) < 4.78 is 0.740. The molecular formula is C14H16Cl2N4OS2. The standard InChI is InChI=1S/C14H16Cl2N4OS2/c1-2-3-7-17-13-19-20-14(23-13)22-8-11(21)18-12-9(15)5-4-6-10(12)16/h4-6H,2-3,7-8H2,1H3,(H,17,19)(H,18,21). The van der Waals surface area contributed by atoms with Crippen LogP contribution in [0, 0.1) is 0 Å². The second-order valence-corrected chi connectivity index (χ2v) is 7.60. The Morgan fingerprint density at radius 3 is 2.74 bits per heavy atom. The summed E-state index contributed by atoms with van der Waals surface area (Å²) in [6.07, 6.45) is 2.21. The summed E-state index contributed by atoms with van der Waals surface area (Å²) in [5, 5.41) is 15.6. The second-order valence-electron chi connectivity index (χ2n) is 4.59. The molecule has 5 nitrogen and oxygen atoms in total. The van der Waals surface area contributed by atoms with Crippen molar-refractivity contribution in [2.45, 2.75) is 24.1 Å². The number of carbonyl (C=O) groups is 1. The number of halogens is 2. The van der Waals surface area contributed by atoms with Crippen molar-refractivity contribution in [2.24, 2.45) is 0 Å². The maximum atomic E-state index is 12.0. The highest BCUT2D eigenvalue weighted by Gasteiger charge is 2.11. The lowest BCUT2D eigenvalue weighted by Crippen LogP contribution is -2.14. The van der Waals surface area contributed by atoms with Crippen LogP contribution in [-0.2, 0) is 4.79 Å². The molecule has 2 aromatic rings. The van der Waals surface area contributed by atoms with E-state index in [1.807, 2.05) is 0 Å². The number of para-hydroxylation sites is 1. The lowest BCUT2D eigenvalue weighted by Gasteiger charge is -2.08. The molecule has 0 aliphatic heterocycles. The highest BCUT2D eigenvalue weighted by molar-refractivity contribution is 8.01. The molecule has 0 fully saturated rings. The molecule has 23 heavy (non-hydrogen) atoms. The third-order valence-electron chi connectivity index (χ3n) is 2.77. The molecule has 124 valence electrons. The van der Waals surface area contributed by atoms with Crippen molar-refractivity contribution < 1.29 is 4.79 Å². The van der Waals surface area contributed by atoms with Gasteiger partial charge >= 0.3 is 0 Å². The predicted octanol–water partition coefficient (Wildman–Crippen LogP) is 4.79. The minimum atomic E-state index is -0.194. The molecule has 2 rings (SSSR count). The number of hydrogen-bond acceptors (Lipinski definition) is 6. The van der Waals surface area contributed by atoms with Crippen LogP contribution in [0.4, 0.5) is 10.8 Å². The molecule has 1 heterocycles. The fourth-order valence-corrected chi connectivity index (χ4v) is 3.70. The summed E-state index contributed by atoms with van der Waals surface area (Å²) in [5.74, 6) is 0.0196. The Labute approximate surface area is 153 Å². The average Bonchev–Trinajstić information content (AvgIpc) is 2.97. The molecule has 1 amide bonds. The third-order valence-corrected chi connectivity index (χ3v) is 5.41. The molecule has 0 atom stereocenters. The van der Waals surface area contributed by atoms with E-state index in [0.29, 0.717) is 15.7 Å². The summed E-state index contributed by atoms with van der Waals surface area (Å²) in [5.41, 5.74) is 0.431. The van der Waals surface area contributed by atoms with Gasteiger partial charge in [0.1, 0.15) is 0 Å². The number of thioether (sulfide) groups is 1. The topological polar surface area (TPSA) is 66.9 Å². The van der Waals surface area contributed by atoms with Gasteiger partial charge in [-0.2, -0.15) is 0 Å². The average molecular weight is 391 g/mol. The Bertz CT molecular complexity index is 646. The van der Waals surface area contributed by atoms with E-state index in [1.54, 1.807) is 18.2 Å². The first-order chi connectivity index (χ1) is 11.1. The summed E-state index contributed by atoms with van der Waals surface area (Å²) in [4.78, 5) is 12.0. The van der Waals surface area contributed by atoms with E-state index in [1.165, 1.54) is 23.1 Å². The monoisotopic (exact) mass is 390 g/mol. The van der Waals surface area contributed by atoms with Gasteiger partial charge in [-0.25, -0.2) is 0 Å². The molecule has 1 aromatic heterocycles. The minimum absolute atomic E-state index is 0.194. The predicted molar refractivity (Wildman–Crippen MR) is 99.1 cm³/mol. The maximum Gasteiger partial charge on any atom is 0.234 e. The molecule has 1 aromatic carbocycles. The first-order valence-electron chi connectivity index (χ1n) is 7.04. The van der Waals surface area contributed by atoms with Crippen molar-refractivity contribution in [3.8, 4) is 0 Å². The summed E-state index contributed by atoms with van der Waals surface area (Å²) in [7, 11) is 0. The number of aromatic nitrogens is 2. The largest absolute Gasteiger partial charge is 0.360 e. The van der Waals surface area contributed by atoms with Crippen LogP contribution in [-0.4, -0.2) is 28.4 Å². The molecule has 0 saturated carbocycles. The quantitative estimate of drug-likeness (QED) is 0.500. The smallest absolute Gasteiger partial charge is 0.234 e. The van der Waals surface area contributed by atoms with Gasteiger partial charge in [0, 0.05) is 6.54 Å². The molecule has 0 aliphatic carbocycles. The zero-order chi connectivity index (χ0) is 16.7. The van der Waals surface area contributed by atoms with Crippen LogP contribution < -0.4 is 10.6 Å². The fraction of sp³-hybridized carbons (Fsp3) is 0.357. The SMILES string of the molecule is CCCCNc1nnc(SCC(=O)Nc2c(Cl)cccc2Cl)s1. The second kappa shape index (κ2) is 9.32. The van der Waals surface area contributed by atoms with E-state index in [0.717, 1.165) is 28.9 Å². The maximum absolute atomic E-state index is 12.0. The van der Waals surface area contributed by atoms with Gasteiger partial charge in [-0.05, 0) is 18.6 Å². The number of nitrogens with one attached hydrogen (secondary N) is 2. The Hall–Kier alpha value is -1.02. The fourth-order valence-electron chi connectivity index (χ4n) is 1.63. The van der Waals surface area contributed by atoms with Crippen LogP contribution in [0.2, 0.25) is 10.0 Å². The van der Waals surface area contributed by atoms with Crippen molar-refractivity contribution in [3.63, 3.8) is 0 Å². The Morgan fingerprint density at radius 2 is 2.04 bits per heavy atom. The zero-order valence-corrected chi connectivity index (χ0v) is 15.6. The molecular weight excluding hydrogens is 375 g/mol. The molecule has 0 aliphatic rings. The molecule has 9 heteroatoms. The van der Waals surface area contributed by atoms with Crippen molar-refractivity contribution in [2.75, 3.05) is 22.9 Å². The number of hydrogen-bond donors (Lipinski definition) is 2. The van der Waals surface area contributed by atoms with Crippen LogP contribution in [0.15, 0.2) is 22.5 Å². The number of nitrogens with zero attached hydrogens (tertiary/aromatic N) is 2. The minimum Gasteiger partial charge on any atom is -0.360 e. The molecule has 0 radical (unpaired) electrons. The first kappa shape index (κ1) is 18.3. The van der Waals surface area contributed by atoms with Crippen LogP contribution in [0.3, 0.4) is 0 Å². The van der Waals surface area contributed by atoms with Crippen LogP contribution in [0.5, 0.6) is 0 Å². The summed E-state index contributed by atoms with van der Waals surface area (Å²) in [6.45, 7) is 3.01. The van der Waals surface area contributed by atoms with E-state index >= 15 is 0 Å². The van der Waals surface area contributed by atoms with Gasteiger partial charge in [0.2, 0.25) is 11.0 Å². The van der Waals surface area contributed by atoms with Gasteiger partial charge in [-0.3, -0.25) is 4.79 Å². The van der Waals surface area contributed by atoms with Crippen molar-refractivity contribution in [1.29, 1.82) is 0 Å². The molecule has 2 N–H and O–H groups in total. The van der Waals surface area contributed by atoms with Crippen LogP contribution in [0.1, 0.15) is 19.8 Å². The molecule has 0 unspecified atom stereocenters. The van der Waals surface area contributed by atoms with E-state index in [2.05, 4.69) is 27.8 Å². The Balaban J connectivity index is 1.82. The van der Waals surface area contributed by atoms with Gasteiger partial charge < -0.3 is 10.6 Å². The van der Waals surface area contributed by atoms with Crippen LogP contribution in [0.25, 0.3) is 0 Å². The highest BCUT2D eigenvalue weighted by Crippen LogP contribution is 2.30. The number of carbonyl (C=O) groups excluding carboxylic acids is 1. The number of anilines is 2. The van der Waals surface area contributed by atoms with Crippen molar-refractivity contribution in [1.82, 2.24) is 10.2 Å². The van der Waals surface area contributed by atoms with E-state index in [4.69, 9.17) is 23.2 Å². The van der Waals surface area contributed by atoms with Gasteiger partial charge in [0.05, 0.1) is 21.5 Å². The van der Waals surface area contributed by atoms with Crippen LogP contribution >= 0.6 is 46.3 Å². The van der Waals surface area contributed by atoms with E-state index < -0.39 is 0 Å². The molecule has 0 spiro atoms. The summed E-state index contributed by atoms with van der Waals surface area (Å²) in [6, 6.07) is 5.08. The van der Waals surface area contributed by atoms with Gasteiger partial charge in [0.25, 0.3) is 0 Å². The number of unbranched alkanes of at least 4 members (excludes halogenated alkanes) is 1. The third kappa shape index (κ3) is 5.84.